The van der Waals surface area contributed by atoms with Crippen LogP contribution in [0.4, 0.5) is 0 Å². The van der Waals surface area contributed by atoms with E-state index in [0.29, 0.717) is 0 Å². The van der Waals surface area contributed by atoms with Gasteiger partial charge in [-0.25, -0.2) is 0 Å². The van der Waals surface area contributed by atoms with Gasteiger partial charge in [0.15, 0.2) is 0 Å². The molecule has 0 amide bonds. The number of rotatable bonds is 0. The lowest BCUT2D eigenvalue weighted by molar-refractivity contribution is 0.624. The van der Waals surface area contributed by atoms with Crippen LogP contribution >= 0.6 is 0 Å². The number of hydrogen-bond donors (Lipinski definition) is 0. The molecule has 8 heteroatoms. The summed E-state index contributed by atoms with van der Waals surface area (Å²) in [6, 6.07) is 0. The van der Waals surface area contributed by atoms with Crippen molar-refractivity contribution >= 4 is 26.4 Å². The number of hydrogen-bond acceptors (Lipinski definition) is 5. The summed E-state index contributed by atoms with van der Waals surface area (Å²) in [7, 11) is -8.85. The van der Waals surface area contributed by atoms with Crippen LogP contribution in [0.15, 0.2) is 0 Å². The van der Waals surface area contributed by atoms with Crippen molar-refractivity contribution in [2.45, 2.75) is 0 Å². The molecule has 0 N–H and O–H groups in total. The average molecular weight is 176 g/mol. The Hall–Kier alpha value is -0.340. The second-order valence-corrected chi connectivity index (χ2v) is 5.92. The van der Waals surface area contributed by atoms with Crippen LogP contribution in [0, 0.1) is 0 Å². The Morgan fingerprint density at radius 2 is 0.875 bits per heavy atom. The summed E-state index contributed by atoms with van der Waals surface area (Å²) < 4.78 is 47.5. The lowest BCUT2D eigenvalue weighted by atomic mass is 15.9. The molecule has 0 aromatic heterocycles. The Labute approximate surface area is 48.0 Å². The predicted molar refractivity (Wildman–Crippen MR) is 26.0 cm³/mol. The molecule has 0 saturated carbocycles. The molecule has 0 radical (unpaired) electrons. The summed E-state index contributed by atoms with van der Waals surface area (Å²) >= 11 is 0. The van der Waals surface area contributed by atoms with E-state index in [4.69, 9.17) is 0 Å². The molecule has 0 aromatic carbocycles. The molecule has 0 saturated heterocycles. The average Bonchev–Trinajstić information content (AvgIpc) is 1.64. The molecule has 0 heterocycles. The van der Waals surface area contributed by atoms with Crippen molar-refractivity contribution in [3.63, 3.8) is 0 Å². The van der Waals surface area contributed by atoms with Gasteiger partial charge in [-0.05, 0) is 0 Å². The van der Waals surface area contributed by atoms with Crippen LogP contribution in [0.25, 0.3) is 0 Å². The minimum atomic E-state index is -3.03. The molecule has 0 spiro atoms. The Bertz CT molecular complexity index is 344. The van der Waals surface area contributed by atoms with Gasteiger partial charge in [0.25, 0.3) is 0 Å². The first-order chi connectivity index (χ1) is 3.55. The zero-order valence-corrected chi connectivity index (χ0v) is 5.72. The fraction of sp³-hybridized carbons (Fsp3) is 0. The normalized spacial score (nSPS) is 8.00. The predicted octanol–water partition coefficient (Wildman–Crippen LogP) is -1.68. The summed E-state index contributed by atoms with van der Waals surface area (Å²) in [6.45, 7) is 0. The molecule has 0 aliphatic heterocycles. The highest BCUT2D eigenvalue weighted by Crippen LogP contribution is 1.44. The van der Waals surface area contributed by atoms with Crippen LogP contribution in [-0.4, -0.2) is 21.0 Å². The molecule has 0 fully saturated rings. The van der Waals surface area contributed by atoms with Crippen LogP contribution < -0.4 is 0 Å². The third kappa shape index (κ3) is 2.09. The summed E-state index contributed by atoms with van der Waals surface area (Å²) in [5.74, 6) is 0. The van der Waals surface area contributed by atoms with Gasteiger partial charge in [-0.2, -0.15) is 21.0 Å². The first kappa shape index (κ1) is 7.66. The van der Waals surface area contributed by atoms with Gasteiger partial charge in [0, 0.05) is 0 Å². The van der Waals surface area contributed by atoms with E-state index in [0.717, 1.165) is 0 Å². The molecule has 0 aliphatic rings. The molecule has 5 nitrogen and oxygen atoms in total. The molecule has 0 unspecified atom stereocenters. The van der Waals surface area contributed by atoms with E-state index >= 15 is 0 Å². The lowest BCUT2D eigenvalue weighted by Crippen LogP contribution is -1.61. The van der Waals surface area contributed by atoms with Crippen LogP contribution in [0.5, 0.6) is 0 Å². The first-order valence-electron chi connectivity index (χ1n) is 1.17. The van der Waals surface area contributed by atoms with Gasteiger partial charge in [0.1, 0.15) is 0 Å². The van der Waals surface area contributed by atoms with Gasteiger partial charge >= 0.3 is 18.5 Å². The minimum Gasteiger partial charge on any atom is -0.193 e. The molecule has 0 bridgehead atoms. The van der Waals surface area contributed by atoms with E-state index < -0.39 is 26.4 Å². The van der Waals surface area contributed by atoms with E-state index in [2.05, 4.69) is 0 Å². The van der Waals surface area contributed by atoms with Gasteiger partial charge in [-0.1, -0.05) is 0 Å². The molecule has 0 aromatic rings. The van der Waals surface area contributed by atoms with Crippen molar-refractivity contribution in [1.82, 2.24) is 0 Å². The van der Waals surface area contributed by atoms with Gasteiger partial charge in [-0.15, -0.1) is 0 Å². The molecule has 48 valence electrons. The largest absolute Gasteiger partial charge is 0.313 e. The molecule has 0 aliphatic carbocycles. The Balaban J connectivity index is 6.93. The van der Waals surface area contributed by atoms with Crippen molar-refractivity contribution in [1.29, 1.82) is 0 Å². The third-order valence-electron chi connectivity index (χ3n) is 0.222. The van der Waals surface area contributed by atoms with E-state index in [1.165, 1.54) is 0 Å². The van der Waals surface area contributed by atoms with Gasteiger partial charge in [0.05, 0.1) is 0 Å². The van der Waals surface area contributed by atoms with Crippen LogP contribution in [-0.2, 0) is 26.4 Å². The lowest BCUT2D eigenvalue weighted by Gasteiger charge is -1.36. The topological polar surface area (TPSA) is 85.3 Å². The van der Waals surface area contributed by atoms with E-state index in [1.54, 1.807) is 0 Å². The second kappa shape index (κ2) is 2.84. The van der Waals surface area contributed by atoms with Crippen LogP contribution in [0.2, 0.25) is 0 Å². The summed E-state index contributed by atoms with van der Waals surface area (Å²) in [5, 5.41) is 0. The van der Waals surface area contributed by atoms with Crippen molar-refractivity contribution in [2.24, 2.45) is 0 Å². The van der Waals surface area contributed by atoms with E-state index in [9.17, 15) is 21.0 Å². The molecular weight excluding hydrogens is 176 g/mol. The maximum atomic E-state index is 9.73. The van der Waals surface area contributed by atoms with Crippen molar-refractivity contribution in [3.05, 3.63) is 0 Å². The molecule has 0 atom stereocenters. The first-order valence-corrected chi connectivity index (χ1v) is 5.50. The minimum absolute atomic E-state index is 2.79. The van der Waals surface area contributed by atoms with Crippen LogP contribution in [0.3, 0.4) is 0 Å². The summed E-state index contributed by atoms with van der Waals surface area (Å²) in [6.07, 6.45) is 0. The second-order valence-electron chi connectivity index (χ2n) is 0.612. The fourth-order valence-corrected chi connectivity index (χ4v) is 1.22. The van der Waals surface area contributed by atoms with Gasteiger partial charge in [0.2, 0.25) is 7.92 Å². The standard InChI is InChI=1S/O5S3/c1-6(2)8(5)7(3)4. The SMILES string of the molecule is O=S(=O)=S(=O)=S(=O)=O. The highest BCUT2D eigenvalue weighted by Gasteiger charge is 1.70. The molecular formula is O5S3. The van der Waals surface area contributed by atoms with Crippen molar-refractivity contribution in [3.8, 4) is 0 Å². The maximum Gasteiger partial charge on any atom is 0.313 e. The third-order valence-corrected chi connectivity index (χ3v) is 4.00. The van der Waals surface area contributed by atoms with Crippen molar-refractivity contribution < 1.29 is 21.0 Å². The summed E-state index contributed by atoms with van der Waals surface area (Å²) in [5.41, 5.74) is 0. The zero-order chi connectivity index (χ0) is 6.73. The highest BCUT2D eigenvalue weighted by molar-refractivity contribution is 8.46. The highest BCUT2D eigenvalue weighted by atomic mass is 33.1. The Morgan fingerprint density at radius 1 is 0.625 bits per heavy atom. The Morgan fingerprint density at radius 3 is 0.875 bits per heavy atom. The smallest absolute Gasteiger partial charge is 0.193 e. The maximum absolute atomic E-state index is 9.73. The van der Waals surface area contributed by atoms with E-state index in [1.807, 2.05) is 0 Å². The van der Waals surface area contributed by atoms with Crippen LogP contribution in [0.1, 0.15) is 0 Å². The quantitative estimate of drug-likeness (QED) is 0.440. The Kier molecular flexibility index (Phi) is 2.72. The fourth-order valence-electron chi connectivity index (χ4n) is 0.0454. The zero-order valence-electron chi connectivity index (χ0n) is 3.27. The van der Waals surface area contributed by atoms with E-state index in [-0.39, 0.29) is 0 Å². The van der Waals surface area contributed by atoms with Gasteiger partial charge in [-0.3, -0.25) is 0 Å². The van der Waals surface area contributed by atoms with Gasteiger partial charge < -0.3 is 0 Å². The summed E-state index contributed by atoms with van der Waals surface area (Å²) in [4.78, 5) is 0. The monoisotopic (exact) mass is 176 g/mol. The van der Waals surface area contributed by atoms with Crippen molar-refractivity contribution in [2.75, 3.05) is 0 Å². The molecule has 8 heavy (non-hydrogen) atoms. The molecule has 0 rings (SSSR count).